The minimum Gasteiger partial charge on any atom is -0.387 e. The topological polar surface area (TPSA) is 242 Å². The number of ether oxygens (including phenoxy) is 2. The van der Waals surface area contributed by atoms with Gasteiger partial charge in [-0.1, -0.05) is 12.2 Å². The standard InChI is InChI=1S/C21H24N8O11P2S2/c22-17-12-18(25-7-24-17)29(8-26-12)19-14(31)15-10(38-19)6-36-42(34,44)40-16-13(30)9(5-35-41(33,43)39-15)37-20(16)28-3-1-11-23-2-4-27(11)21(28)32/h1-4,7-10,13-16,19-20,30-31H,5-6H2,(H,33,43)(H,34,44)(H2,22,24,25)/t9-,10-,13-,14-,15-,16-,19-,20-,41?,42?/m1/s1. The molecule has 0 spiro atoms. The molecule has 0 aliphatic carbocycles. The van der Waals surface area contributed by atoms with Gasteiger partial charge in [-0.05, 0) is 17.9 Å². The third-order valence-electron chi connectivity index (χ3n) is 7.35. The molecule has 0 saturated carbocycles. The van der Waals surface area contributed by atoms with E-state index in [-0.39, 0.29) is 17.0 Å². The molecule has 2 unspecified atom stereocenters. The molecule has 44 heavy (non-hydrogen) atoms. The highest BCUT2D eigenvalue weighted by Gasteiger charge is 2.52. The van der Waals surface area contributed by atoms with Crippen LogP contribution in [0.4, 0.5) is 5.82 Å². The van der Waals surface area contributed by atoms with Crippen LogP contribution in [-0.2, 0) is 43.9 Å². The Morgan fingerprint density at radius 1 is 0.977 bits per heavy atom. The predicted octanol–water partition coefficient (Wildman–Crippen LogP) is -0.493. The molecule has 2 bridgehead atoms. The fraction of sp³-hybridized carbons (Fsp3) is 0.476. The Labute approximate surface area is 256 Å². The predicted molar refractivity (Wildman–Crippen MR) is 154 cm³/mol. The van der Waals surface area contributed by atoms with Gasteiger partial charge in [-0.25, -0.2) is 29.3 Å². The number of aromatic nitrogens is 7. The largest absolute Gasteiger partial charge is 0.387 e. The summed E-state index contributed by atoms with van der Waals surface area (Å²) in [5, 5.41) is 22.4. The summed E-state index contributed by atoms with van der Waals surface area (Å²) in [6.07, 6.45) is -4.15. The molecule has 3 fully saturated rings. The Bertz CT molecular complexity index is 1890. The van der Waals surface area contributed by atoms with Gasteiger partial charge in [0.05, 0.1) is 19.5 Å². The molecule has 3 aliphatic rings. The van der Waals surface area contributed by atoms with E-state index in [2.05, 4.69) is 32.2 Å². The van der Waals surface area contributed by atoms with E-state index in [0.29, 0.717) is 5.65 Å². The second-order valence-electron chi connectivity index (χ2n) is 10.0. The zero-order chi connectivity index (χ0) is 31.0. The van der Waals surface area contributed by atoms with Gasteiger partial charge >= 0.3 is 19.2 Å². The number of rotatable bonds is 2. The lowest BCUT2D eigenvalue weighted by Gasteiger charge is -2.27. The van der Waals surface area contributed by atoms with Crippen molar-refractivity contribution in [3.63, 3.8) is 0 Å². The van der Waals surface area contributed by atoms with Crippen molar-refractivity contribution in [1.82, 2.24) is 33.5 Å². The van der Waals surface area contributed by atoms with Crippen molar-refractivity contribution in [1.29, 1.82) is 0 Å². The fourth-order valence-corrected chi connectivity index (χ4v) is 8.20. The second kappa shape index (κ2) is 11.2. The summed E-state index contributed by atoms with van der Waals surface area (Å²) in [7, 11) is 0. The van der Waals surface area contributed by atoms with Crippen LogP contribution < -0.4 is 11.4 Å². The number of aliphatic hydroxyl groups is 2. The summed E-state index contributed by atoms with van der Waals surface area (Å²) in [5.74, 6) is 0.0966. The molecule has 0 amide bonds. The number of hydrogen-bond acceptors (Lipinski definition) is 16. The molecule has 0 radical (unpaired) electrons. The molecule has 5 N–H and O–H groups in total. The van der Waals surface area contributed by atoms with Crippen LogP contribution in [-0.4, -0.2) is 98.4 Å². The van der Waals surface area contributed by atoms with Crippen LogP contribution in [0.2, 0.25) is 0 Å². The Morgan fingerprint density at radius 2 is 1.75 bits per heavy atom. The van der Waals surface area contributed by atoms with E-state index in [1.807, 2.05) is 0 Å². The highest BCUT2D eigenvalue weighted by molar-refractivity contribution is 8.44. The zero-order valence-electron chi connectivity index (χ0n) is 22.1. The smallest absolute Gasteiger partial charge is 0.386 e. The van der Waals surface area contributed by atoms with Crippen molar-refractivity contribution >= 4 is 60.2 Å². The van der Waals surface area contributed by atoms with Gasteiger partial charge in [-0.15, -0.1) is 0 Å². The molecular weight excluding hydrogens is 666 g/mol. The van der Waals surface area contributed by atoms with Crippen LogP contribution in [0.3, 0.4) is 0 Å². The van der Waals surface area contributed by atoms with Gasteiger partial charge in [-0.2, -0.15) is 0 Å². The van der Waals surface area contributed by atoms with Crippen LogP contribution in [0.5, 0.6) is 0 Å². The highest BCUT2D eigenvalue weighted by atomic mass is 32.7. The number of nitrogens with zero attached hydrogens (tertiary/aromatic N) is 7. The van der Waals surface area contributed by atoms with Gasteiger partial charge in [0, 0.05) is 18.6 Å². The molecule has 4 aromatic heterocycles. The molecule has 7 heterocycles. The number of imidazole rings is 2. The SMILES string of the molecule is Nc1ncnc2c1ncn2[C@@H]1O[C@@H]2COP(O)(=S)O[C@@H]3[C@H](O)[C@@H](COP(=O)(S)O[C@H]2[C@H]1O)O[C@H]3n1ccc2nccn2c1=O. The monoisotopic (exact) mass is 690 g/mol. The van der Waals surface area contributed by atoms with Crippen molar-refractivity contribution < 1.29 is 47.2 Å². The first kappa shape index (κ1) is 30.3. The van der Waals surface area contributed by atoms with Crippen LogP contribution in [0.25, 0.3) is 16.8 Å². The van der Waals surface area contributed by atoms with Crippen molar-refractivity contribution in [3.05, 3.63) is 47.8 Å². The van der Waals surface area contributed by atoms with Crippen LogP contribution in [0, 0.1) is 0 Å². The summed E-state index contributed by atoms with van der Waals surface area (Å²) in [4.78, 5) is 40.5. The van der Waals surface area contributed by atoms with Crippen molar-refractivity contribution in [2.45, 2.75) is 49.1 Å². The van der Waals surface area contributed by atoms with Gasteiger partial charge in [0.15, 0.2) is 23.9 Å². The summed E-state index contributed by atoms with van der Waals surface area (Å²) in [6.45, 7) is -9.61. The summed E-state index contributed by atoms with van der Waals surface area (Å²) < 4.78 is 51.4. The molecular formula is C21H24N8O11P2S2. The molecule has 19 nitrogen and oxygen atoms in total. The molecule has 0 aromatic carbocycles. The van der Waals surface area contributed by atoms with Crippen molar-refractivity contribution in [3.8, 4) is 0 Å². The van der Waals surface area contributed by atoms with Crippen molar-refractivity contribution in [2.75, 3.05) is 18.9 Å². The minimum absolute atomic E-state index is 0.0966. The molecule has 236 valence electrons. The average Bonchev–Trinajstić information content (AvgIpc) is 3.74. The van der Waals surface area contributed by atoms with Crippen molar-refractivity contribution in [2.24, 2.45) is 0 Å². The van der Waals surface area contributed by atoms with Crippen LogP contribution in [0.15, 0.2) is 42.1 Å². The van der Waals surface area contributed by atoms with E-state index in [4.69, 9.17) is 45.1 Å². The van der Waals surface area contributed by atoms with Gasteiger partial charge in [0.1, 0.15) is 54.1 Å². The Kier molecular flexibility index (Phi) is 7.69. The third kappa shape index (κ3) is 5.30. The zero-order valence-corrected chi connectivity index (χ0v) is 25.6. The lowest BCUT2D eigenvalue weighted by atomic mass is 10.1. The summed E-state index contributed by atoms with van der Waals surface area (Å²) in [6, 6.07) is 1.53. The maximum absolute atomic E-state index is 13.4. The van der Waals surface area contributed by atoms with Gasteiger partial charge < -0.3 is 34.8 Å². The van der Waals surface area contributed by atoms with Crippen LogP contribution >= 0.6 is 25.8 Å². The number of aliphatic hydroxyl groups excluding tert-OH is 2. The quantitative estimate of drug-likeness (QED) is 0.132. The van der Waals surface area contributed by atoms with E-state index in [9.17, 15) is 24.5 Å². The molecule has 23 heteroatoms. The number of anilines is 1. The molecule has 3 saturated heterocycles. The first-order valence-electron chi connectivity index (χ1n) is 12.9. The van der Waals surface area contributed by atoms with E-state index < -0.39 is 81.5 Å². The number of nitrogen functional groups attached to an aromatic ring is 1. The van der Waals surface area contributed by atoms with E-state index >= 15 is 0 Å². The number of nitrogens with two attached hydrogens (primary N) is 1. The summed E-state index contributed by atoms with van der Waals surface area (Å²) >= 11 is 9.30. The van der Waals surface area contributed by atoms with E-state index in [1.165, 1.54) is 46.3 Å². The number of thiol groups is 1. The molecule has 3 aliphatic heterocycles. The third-order valence-corrected chi connectivity index (χ3v) is 10.5. The van der Waals surface area contributed by atoms with Gasteiger partial charge in [0.2, 0.25) is 0 Å². The van der Waals surface area contributed by atoms with Gasteiger partial charge in [-0.3, -0.25) is 27.1 Å². The average molecular weight is 691 g/mol. The van der Waals surface area contributed by atoms with Gasteiger partial charge in [0.25, 0.3) is 0 Å². The number of fused-ring (bicyclic) bond motifs is 5. The minimum atomic E-state index is -4.30. The highest BCUT2D eigenvalue weighted by Crippen LogP contribution is 2.58. The first-order chi connectivity index (χ1) is 20.9. The lowest BCUT2D eigenvalue weighted by Crippen LogP contribution is -2.38. The maximum Gasteiger partial charge on any atom is 0.386 e. The second-order valence-corrected chi connectivity index (χ2v) is 15.7. The molecule has 4 aromatic rings. The normalized spacial score (nSPS) is 38.3. The molecule has 7 rings (SSSR count). The Hall–Kier alpha value is -2.36. The molecule has 10 atom stereocenters. The fourth-order valence-electron chi connectivity index (χ4n) is 5.30. The summed E-state index contributed by atoms with van der Waals surface area (Å²) in [5.41, 5.74) is 6.13. The van der Waals surface area contributed by atoms with E-state index in [0.717, 1.165) is 4.57 Å². The van der Waals surface area contributed by atoms with E-state index in [1.54, 1.807) is 0 Å². The lowest BCUT2D eigenvalue weighted by molar-refractivity contribution is -0.0616. The maximum atomic E-state index is 13.4. The first-order valence-corrected chi connectivity index (χ1v) is 18.2. The Balaban J connectivity index is 1.20. The Morgan fingerprint density at radius 3 is 2.57 bits per heavy atom. The van der Waals surface area contributed by atoms with Crippen LogP contribution in [0.1, 0.15) is 12.5 Å². The number of hydrogen-bond donors (Lipinski definition) is 5.